The highest BCUT2D eigenvalue weighted by atomic mass is 19.4. The zero-order valence-electron chi connectivity index (χ0n) is 14.2. The summed E-state index contributed by atoms with van der Waals surface area (Å²) in [5.74, 6) is 0.228. The largest absolute Gasteiger partial charge is 0.493 e. The summed E-state index contributed by atoms with van der Waals surface area (Å²) in [6.45, 7) is 0. The number of anilines is 2. The molecule has 0 saturated heterocycles. The quantitative estimate of drug-likeness (QED) is 0.787. The van der Waals surface area contributed by atoms with Crippen molar-refractivity contribution >= 4 is 17.3 Å². The average Bonchev–Trinajstić information content (AvgIpc) is 2.60. The molecule has 140 valence electrons. The van der Waals surface area contributed by atoms with Crippen molar-refractivity contribution in [2.24, 2.45) is 0 Å². The Labute approximate surface area is 147 Å². The van der Waals surface area contributed by atoms with Gasteiger partial charge in [0.25, 0.3) is 5.91 Å². The van der Waals surface area contributed by atoms with Gasteiger partial charge in [-0.15, -0.1) is 0 Å². The number of amides is 1. The average molecular weight is 370 g/mol. The molecule has 26 heavy (non-hydrogen) atoms. The maximum Gasteiger partial charge on any atom is 0.416 e. The van der Waals surface area contributed by atoms with Crippen LogP contribution >= 0.6 is 0 Å². The molecule has 9 heteroatoms. The summed E-state index contributed by atoms with van der Waals surface area (Å²) < 4.78 is 53.5. The number of carbonyl (C=O) groups is 1. The third kappa shape index (κ3) is 3.93. The fraction of sp³-hybridized carbons (Fsp3) is 0.235. The van der Waals surface area contributed by atoms with Crippen molar-refractivity contribution in [3.8, 4) is 17.2 Å². The predicted octanol–water partition coefficient (Wildman–Crippen LogP) is 3.57. The van der Waals surface area contributed by atoms with E-state index in [0.29, 0.717) is 5.75 Å². The first kappa shape index (κ1) is 19.2. The molecule has 0 aromatic heterocycles. The van der Waals surface area contributed by atoms with Crippen LogP contribution in [0.25, 0.3) is 0 Å². The van der Waals surface area contributed by atoms with Gasteiger partial charge in [0.05, 0.1) is 38.3 Å². The van der Waals surface area contributed by atoms with Crippen LogP contribution in [0.15, 0.2) is 30.3 Å². The van der Waals surface area contributed by atoms with Gasteiger partial charge >= 0.3 is 6.18 Å². The standard InChI is InChI=1S/C17H17F3N2O4/c1-24-13-6-9(7-14(25-2)15(13)26-3)16(23)22-12-5-4-10(8-11(12)21)17(18,19)20/h4-8H,21H2,1-3H3,(H,22,23). The van der Waals surface area contributed by atoms with E-state index in [1.165, 1.54) is 33.5 Å². The minimum absolute atomic E-state index is 0.0525. The Morgan fingerprint density at radius 3 is 2.00 bits per heavy atom. The Hall–Kier alpha value is -3.10. The Kier molecular flexibility index (Phi) is 5.49. The van der Waals surface area contributed by atoms with E-state index >= 15 is 0 Å². The molecule has 0 radical (unpaired) electrons. The van der Waals surface area contributed by atoms with Crippen LogP contribution in [0.5, 0.6) is 17.2 Å². The lowest BCUT2D eigenvalue weighted by Crippen LogP contribution is -2.14. The van der Waals surface area contributed by atoms with Crippen molar-refractivity contribution in [3.63, 3.8) is 0 Å². The Bertz CT molecular complexity index is 797. The normalized spacial score (nSPS) is 11.0. The van der Waals surface area contributed by atoms with E-state index in [-0.39, 0.29) is 28.4 Å². The first-order chi connectivity index (χ1) is 12.2. The highest BCUT2D eigenvalue weighted by molar-refractivity contribution is 6.06. The van der Waals surface area contributed by atoms with E-state index in [9.17, 15) is 18.0 Å². The topological polar surface area (TPSA) is 82.8 Å². The predicted molar refractivity (Wildman–Crippen MR) is 89.9 cm³/mol. The lowest BCUT2D eigenvalue weighted by Gasteiger charge is -2.15. The summed E-state index contributed by atoms with van der Waals surface area (Å²) >= 11 is 0. The Morgan fingerprint density at radius 1 is 1.00 bits per heavy atom. The van der Waals surface area contributed by atoms with Gasteiger partial charge in [0.1, 0.15) is 0 Å². The number of halogens is 3. The smallest absolute Gasteiger partial charge is 0.416 e. The first-order valence-electron chi connectivity index (χ1n) is 7.29. The van der Waals surface area contributed by atoms with Gasteiger partial charge < -0.3 is 25.3 Å². The van der Waals surface area contributed by atoms with Gasteiger partial charge in [-0.3, -0.25) is 4.79 Å². The molecule has 0 saturated carbocycles. The van der Waals surface area contributed by atoms with Gasteiger partial charge in [-0.05, 0) is 30.3 Å². The van der Waals surface area contributed by atoms with Crippen molar-refractivity contribution in [1.82, 2.24) is 0 Å². The van der Waals surface area contributed by atoms with Gasteiger partial charge in [-0.1, -0.05) is 0 Å². The summed E-state index contributed by atoms with van der Waals surface area (Å²) in [5, 5.41) is 2.46. The molecule has 0 fully saturated rings. The zero-order chi connectivity index (χ0) is 19.5. The van der Waals surface area contributed by atoms with Crippen molar-refractivity contribution in [3.05, 3.63) is 41.5 Å². The van der Waals surface area contributed by atoms with Gasteiger partial charge in [-0.25, -0.2) is 0 Å². The van der Waals surface area contributed by atoms with Crippen molar-refractivity contribution in [2.75, 3.05) is 32.4 Å². The van der Waals surface area contributed by atoms with Crippen LogP contribution in [-0.4, -0.2) is 27.2 Å². The molecule has 0 unspecified atom stereocenters. The number of benzene rings is 2. The summed E-state index contributed by atoms with van der Waals surface area (Å²) in [5.41, 5.74) is 4.71. The summed E-state index contributed by atoms with van der Waals surface area (Å²) in [4.78, 5) is 12.4. The molecule has 6 nitrogen and oxygen atoms in total. The molecule has 0 bridgehead atoms. The van der Waals surface area contributed by atoms with E-state index in [0.717, 1.165) is 18.2 Å². The van der Waals surface area contributed by atoms with Crippen LogP contribution < -0.4 is 25.3 Å². The van der Waals surface area contributed by atoms with Crippen LogP contribution in [-0.2, 0) is 6.18 Å². The molecule has 0 aliphatic carbocycles. The van der Waals surface area contributed by atoms with E-state index < -0.39 is 17.6 Å². The number of ether oxygens (including phenoxy) is 3. The second-order valence-corrected chi connectivity index (χ2v) is 5.17. The van der Waals surface area contributed by atoms with Crippen LogP contribution in [0.4, 0.5) is 24.5 Å². The highest BCUT2D eigenvalue weighted by Gasteiger charge is 2.31. The van der Waals surface area contributed by atoms with Gasteiger partial charge in [0, 0.05) is 5.56 Å². The molecule has 3 N–H and O–H groups in total. The second kappa shape index (κ2) is 7.42. The molecule has 2 aromatic rings. The van der Waals surface area contributed by atoms with Crippen molar-refractivity contribution in [2.45, 2.75) is 6.18 Å². The molecule has 0 aliphatic rings. The molecule has 0 spiro atoms. The molecule has 2 rings (SSSR count). The highest BCUT2D eigenvalue weighted by Crippen LogP contribution is 2.38. The SMILES string of the molecule is COc1cc(C(=O)Nc2ccc(C(F)(F)F)cc2N)cc(OC)c1OC. The molecular weight excluding hydrogens is 353 g/mol. The Balaban J connectivity index is 2.33. The molecule has 0 aliphatic heterocycles. The van der Waals surface area contributed by atoms with Crippen molar-refractivity contribution < 1.29 is 32.2 Å². The van der Waals surface area contributed by atoms with E-state index in [2.05, 4.69) is 5.32 Å². The van der Waals surface area contributed by atoms with E-state index in [1.54, 1.807) is 0 Å². The number of alkyl halides is 3. The van der Waals surface area contributed by atoms with Crippen molar-refractivity contribution in [1.29, 1.82) is 0 Å². The molecular formula is C17H17F3N2O4. The number of hydrogen-bond donors (Lipinski definition) is 2. The third-order valence-electron chi connectivity index (χ3n) is 3.55. The fourth-order valence-electron chi connectivity index (χ4n) is 2.26. The molecule has 1 amide bonds. The number of nitrogen functional groups attached to an aromatic ring is 1. The van der Waals surface area contributed by atoms with E-state index in [4.69, 9.17) is 19.9 Å². The zero-order valence-corrected chi connectivity index (χ0v) is 14.2. The molecule has 0 heterocycles. The minimum Gasteiger partial charge on any atom is -0.493 e. The third-order valence-corrected chi connectivity index (χ3v) is 3.55. The lowest BCUT2D eigenvalue weighted by atomic mass is 10.1. The van der Waals surface area contributed by atoms with Gasteiger partial charge in [0.2, 0.25) is 5.75 Å². The number of nitrogens with one attached hydrogen (secondary N) is 1. The van der Waals surface area contributed by atoms with Crippen LogP contribution in [0.2, 0.25) is 0 Å². The Morgan fingerprint density at radius 2 is 1.58 bits per heavy atom. The maximum absolute atomic E-state index is 12.7. The molecule has 2 aromatic carbocycles. The number of hydrogen-bond acceptors (Lipinski definition) is 5. The monoisotopic (exact) mass is 370 g/mol. The first-order valence-corrected chi connectivity index (χ1v) is 7.29. The summed E-state index contributed by atoms with van der Waals surface area (Å²) in [6.07, 6.45) is -4.52. The van der Waals surface area contributed by atoms with Crippen LogP contribution in [0.1, 0.15) is 15.9 Å². The van der Waals surface area contributed by atoms with Gasteiger partial charge in [-0.2, -0.15) is 13.2 Å². The number of methoxy groups -OCH3 is 3. The minimum atomic E-state index is -4.52. The summed E-state index contributed by atoms with van der Waals surface area (Å²) in [7, 11) is 4.21. The fourth-order valence-corrected chi connectivity index (χ4v) is 2.26. The molecule has 0 atom stereocenters. The van der Waals surface area contributed by atoms with Crippen LogP contribution in [0.3, 0.4) is 0 Å². The number of rotatable bonds is 5. The van der Waals surface area contributed by atoms with Gasteiger partial charge in [0.15, 0.2) is 11.5 Å². The maximum atomic E-state index is 12.7. The van der Waals surface area contributed by atoms with E-state index in [1.807, 2.05) is 0 Å². The number of carbonyl (C=O) groups excluding carboxylic acids is 1. The summed E-state index contributed by atoms with van der Waals surface area (Å²) in [6, 6.07) is 5.51. The second-order valence-electron chi connectivity index (χ2n) is 5.17. The number of nitrogens with two attached hydrogens (primary N) is 1. The van der Waals surface area contributed by atoms with Crippen LogP contribution in [0, 0.1) is 0 Å². The lowest BCUT2D eigenvalue weighted by molar-refractivity contribution is -0.137.